The molecule has 0 spiro atoms. The number of esters is 1. The van der Waals surface area contributed by atoms with Crippen LogP contribution >= 0.6 is 0 Å². The van der Waals surface area contributed by atoms with Gasteiger partial charge in [-0.15, -0.1) is 0 Å². The number of carbonyl (C=O) groups excluding carboxylic acids is 2. The van der Waals surface area contributed by atoms with Gasteiger partial charge in [0.15, 0.2) is 11.5 Å². The zero-order valence-electron chi connectivity index (χ0n) is 17.8. The maximum absolute atomic E-state index is 12.7. The van der Waals surface area contributed by atoms with Crippen LogP contribution in [0.4, 0.5) is 5.82 Å². The molecular formula is C20H32N4O5. The van der Waals surface area contributed by atoms with E-state index in [9.17, 15) is 9.59 Å². The number of carbonyl (C=O) groups is 2. The number of nitrogens with one attached hydrogen (secondary N) is 1. The largest absolute Gasteiger partial charge is 0.473 e. The summed E-state index contributed by atoms with van der Waals surface area (Å²) in [5.74, 6) is 0.163. The Hall–Kier alpha value is -2.42. The van der Waals surface area contributed by atoms with Crippen LogP contribution < -0.4 is 15.0 Å². The number of aromatic nitrogens is 2. The third-order valence-corrected chi connectivity index (χ3v) is 4.64. The zero-order chi connectivity index (χ0) is 21.2. The number of methoxy groups -OCH3 is 2. The van der Waals surface area contributed by atoms with Gasteiger partial charge in [0, 0.05) is 20.2 Å². The first-order chi connectivity index (χ1) is 14.0. The third kappa shape index (κ3) is 6.85. The molecule has 0 saturated carbocycles. The molecule has 1 aliphatic heterocycles. The fourth-order valence-electron chi connectivity index (χ4n) is 3.18. The molecule has 1 fully saturated rings. The molecule has 1 amide bonds. The van der Waals surface area contributed by atoms with E-state index in [0.29, 0.717) is 31.3 Å². The summed E-state index contributed by atoms with van der Waals surface area (Å²) in [6, 6.07) is -0.742. The van der Waals surface area contributed by atoms with Crippen molar-refractivity contribution in [1.29, 1.82) is 0 Å². The normalized spacial score (nSPS) is 15.1. The molecule has 1 aliphatic rings. The number of hydrogen-bond acceptors (Lipinski definition) is 8. The minimum atomic E-state index is -0.742. The second-order valence-corrected chi connectivity index (χ2v) is 7.45. The number of anilines is 1. The summed E-state index contributed by atoms with van der Waals surface area (Å²) in [6.45, 7) is 6.39. The van der Waals surface area contributed by atoms with Crippen molar-refractivity contribution in [1.82, 2.24) is 15.3 Å². The van der Waals surface area contributed by atoms with Crippen molar-refractivity contribution in [2.75, 3.05) is 45.4 Å². The van der Waals surface area contributed by atoms with Crippen LogP contribution in [0.1, 0.15) is 50.0 Å². The van der Waals surface area contributed by atoms with Gasteiger partial charge in [0.2, 0.25) is 0 Å². The maximum Gasteiger partial charge on any atom is 0.328 e. The lowest BCUT2D eigenvalue weighted by Crippen LogP contribution is -2.42. The summed E-state index contributed by atoms with van der Waals surface area (Å²) < 4.78 is 15.6. The summed E-state index contributed by atoms with van der Waals surface area (Å²) in [5.41, 5.74) is 0.0934. The second-order valence-electron chi connectivity index (χ2n) is 7.45. The van der Waals surface area contributed by atoms with Crippen LogP contribution in [0, 0.1) is 5.92 Å². The summed E-state index contributed by atoms with van der Waals surface area (Å²) in [7, 11) is 2.89. The van der Waals surface area contributed by atoms with Crippen LogP contribution in [0.3, 0.4) is 0 Å². The quantitative estimate of drug-likeness (QED) is 0.462. The number of rotatable bonds is 10. The van der Waals surface area contributed by atoms with Gasteiger partial charge >= 0.3 is 5.97 Å². The average molecular weight is 408 g/mol. The number of amides is 1. The molecule has 2 heterocycles. The molecule has 0 radical (unpaired) electrons. The molecule has 0 unspecified atom stereocenters. The van der Waals surface area contributed by atoms with Crippen LogP contribution in [0.25, 0.3) is 0 Å². The molecular weight excluding hydrogens is 376 g/mol. The van der Waals surface area contributed by atoms with Crippen molar-refractivity contribution in [3.05, 3.63) is 11.9 Å². The lowest BCUT2D eigenvalue weighted by Gasteiger charge is -2.28. The van der Waals surface area contributed by atoms with Crippen LogP contribution in [0.5, 0.6) is 5.88 Å². The minimum Gasteiger partial charge on any atom is -0.473 e. The van der Waals surface area contributed by atoms with E-state index >= 15 is 0 Å². The summed E-state index contributed by atoms with van der Waals surface area (Å²) in [4.78, 5) is 35.7. The highest BCUT2D eigenvalue weighted by atomic mass is 16.5. The van der Waals surface area contributed by atoms with Gasteiger partial charge < -0.3 is 24.4 Å². The number of nitrogens with zero attached hydrogens (tertiary/aromatic N) is 3. The molecule has 2 rings (SSSR count). The average Bonchev–Trinajstić information content (AvgIpc) is 2.73. The molecule has 9 heteroatoms. The van der Waals surface area contributed by atoms with Crippen LogP contribution in [-0.2, 0) is 14.3 Å². The topological polar surface area (TPSA) is 103 Å². The fraction of sp³-hybridized carbons (Fsp3) is 0.700. The van der Waals surface area contributed by atoms with E-state index in [2.05, 4.69) is 20.2 Å². The number of ether oxygens (including phenoxy) is 3. The highest BCUT2D eigenvalue weighted by Crippen LogP contribution is 2.26. The Morgan fingerprint density at radius 2 is 1.90 bits per heavy atom. The van der Waals surface area contributed by atoms with Crippen LogP contribution in [0.15, 0.2) is 6.20 Å². The minimum absolute atomic E-state index is 0.0934. The molecule has 1 saturated heterocycles. The Labute approximate surface area is 172 Å². The summed E-state index contributed by atoms with van der Waals surface area (Å²) in [5, 5.41) is 2.70. The van der Waals surface area contributed by atoms with Gasteiger partial charge in [-0.3, -0.25) is 4.79 Å². The maximum atomic E-state index is 12.7. The molecule has 1 aromatic heterocycles. The lowest BCUT2D eigenvalue weighted by atomic mass is 10.0. The van der Waals surface area contributed by atoms with E-state index < -0.39 is 17.9 Å². The molecule has 0 aromatic carbocycles. The van der Waals surface area contributed by atoms with Crippen LogP contribution in [-0.4, -0.2) is 68.4 Å². The number of hydrogen-bond donors (Lipinski definition) is 1. The summed E-state index contributed by atoms with van der Waals surface area (Å²) in [6.07, 6.45) is 5.24. The third-order valence-electron chi connectivity index (χ3n) is 4.64. The number of piperidine rings is 1. The Bertz CT molecular complexity index is 677. The molecule has 1 N–H and O–H groups in total. The summed E-state index contributed by atoms with van der Waals surface area (Å²) >= 11 is 0. The van der Waals surface area contributed by atoms with Crippen molar-refractivity contribution >= 4 is 17.7 Å². The molecule has 9 nitrogen and oxygen atoms in total. The van der Waals surface area contributed by atoms with Gasteiger partial charge in [0.05, 0.1) is 19.9 Å². The molecule has 1 atom stereocenters. The Morgan fingerprint density at radius 1 is 1.17 bits per heavy atom. The van der Waals surface area contributed by atoms with E-state index in [4.69, 9.17) is 14.2 Å². The Kier molecular flexibility index (Phi) is 9.11. The molecule has 29 heavy (non-hydrogen) atoms. The van der Waals surface area contributed by atoms with Gasteiger partial charge in [-0.1, -0.05) is 13.8 Å². The van der Waals surface area contributed by atoms with Gasteiger partial charge in [0.1, 0.15) is 12.6 Å². The van der Waals surface area contributed by atoms with E-state index in [1.807, 2.05) is 13.8 Å². The fourth-order valence-corrected chi connectivity index (χ4v) is 3.18. The van der Waals surface area contributed by atoms with Crippen molar-refractivity contribution in [3.8, 4) is 5.88 Å². The van der Waals surface area contributed by atoms with Gasteiger partial charge in [-0.25, -0.2) is 14.8 Å². The Morgan fingerprint density at radius 3 is 2.52 bits per heavy atom. The predicted octanol–water partition coefficient (Wildman–Crippen LogP) is 1.81. The molecule has 162 valence electrons. The first-order valence-corrected chi connectivity index (χ1v) is 10.1. The van der Waals surface area contributed by atoms with Gasteiger partial charge in [-0.05, 0) is 31.6 Å². The lowest BCUT2D eigenvalue weighted by molar-refractivity contribution is -0.143. The first-order valence-electron chi connectivity index (χ1n) is 10.1. The smallest absolute Gasteiger partial charge is 0.328 e. The van der Waals surface area contributed by atoms with E-state index in [1.165, 1.54) is 19.7 Å². The van der Waals surface area contributed by atoms with Crippen LogP contribution in [0.2, 0.25) is 0 Å². The standard InChI is InChI=1S/C20H32N4O5/c1-14(2)12-15(20(26)28-4)22-18(25)16-13-21-17(24-8-6-5-7-9-24)19(23-16)29-11-10-27-3/h13-15H,5-12H2,1-4H3,(H,22,25)/t15-/m0/s1. The molecule has 0 aliphatic carbocycles. The van der Waals surface area contributed by atoms with Crippen molar-refractivity contribution in [3.63, 3.8) is 0 Å². The van der Waals surface area contributed by atoms with Gasteiger partial charge in [-0.2, -0.15) is 0 Å². The predicted molar refractivity (Wildman–Crippen MR) is 108 cm³/mol. The van der Waals surface area contributed by atoms with Crippen molar-refractivity contribution in [2.45, 2.75) is 45.6 Å². The second kappa shape index (κ2) is 11.5. The zero-order valence-corrected chi connectivity index (χ0v) is 17.8. The van der Waals surface area contributed by atoms with E-state index in [1.54, 1.807) is 7.11 Å². The molecule has 1 aromatic rings. The highest BCUT2D eigenvalue weighted by Gasteiger charge is 2.25. The van der Waals surface area contributed by atoms with Crippen molar-refractivity contribution in [2.24, 2.45) is 5.92 Å². The van der Waals surface area contributed by atoms with Gasteiger partial charge in [0.25, 0.3) is 11.8 Å². The highest BCUT2D eigenvalue weighted by molar-refractivity contribution is 5.95. The monoisotopic (exact) mass is 408 g/mol. The Balaban J connectivity index is 2.20. The first kappa shape index (κ1) is 22.9. The molecule has 0 bridgehead atoms. The SMILES string of the molecule is COCCOc1nc(C(=O)N[C@@H](CC(C)C)C(=O)OC)cnc1N1CCCCC1. The van der Waals surface area contributed by atoms with Crippen molar-refractivity contribution < 1.29 is 23.8 Å². The van der Waals surface area contributed by atoms with E-state index in [0.717, 1.165) is 25.9 Å². The van der Waals surface area contributed by atoms with E-state index in [-0.39, 0.29) is 11.6 Å².